The first-order chi connectivity index (χ1) is 14.6. The second-order valence-electron chi connectivity index (χ2n) is 8.34. The predicted octanol–water partition coefficient (Wildman–Crippen LogP) is 3.39. The van der Waals surface area contributed by atoms with Crippen LogP contribution in [-0.4, -0.2) is 18.9 Å². The second kappa shape index (κ2) is 7.65. The van der Waals surface area contributed by atoms with Gasteiger partial charge in [0.1, 0.15) is 23.6 Å². The highest BCUT2D eigenvalue weighted by Crippen LogP contribution is 2.40. The van der Waals surface area contributed by atoms with Gasteiger partial charge in [-0.05, 0) is 50.3 Å². The van der Waals surface area contributed by atoms with E-state index in [2.05, 4.69) is 0 Å². The first-order valence-corrected chi connectivity index (χ1v) is 10.7. The zero-order valence-electron chi connectivity index (χ0n) is 17.1. The van der Waals surface area contributed by atoms with Gasteiger partial charge in [-0.1, -0.05) is 30.0 Å². The summed E-state index contributed by atoms with van der Waals surface area (Å²) in [5, 5.41) is 13.8. The lowest BCUT2D eigenvalue weighted by Crippen LogP contribution is -3.10. The Morgan fingerprint density at radius 3 is 2.63 bits per heavy atom. The minimum atomic E-state index is -0.185. The van der Waals surface area contributed by atoms with Gasteiger partial charge in [-0.15, -0.1) is 0 Å². The van der Waals surface area contributed by atoms with Crippen molar-refractivity contribution in [3.05, 3.63) is 64.6 Å². The monoisotopic (exact) mass is 403 g/mol. The fraction of sp³-hybridized carbons (Fsp3) is 0.320. The van der Waals surface area contributed by atoms with Crippen LogP contribution in [0.4, 0.5) is 0 Å². The summed E-state index contributed by atoms with van der Waals surface area (Å²) in [6, 6.07) is 11.2. The van der Waals surface area contributed by atoms with Crippen molar-refractivity contribution in [2.75, 3.05) is 13.1 Å². The van der Waals surface area contributed by atoms with E-state index in [0.29, 0.717) is 34.7 Å². The van der Waals surface area contributed by atoms with Crippen LogP contribution < -0.4 is 14.7 Å². The van der Waals surface area contributed by atoms with Gasteiger partial charge >= 0.3 is 0 Å². The molecule has 3 heterocycles. The maximum Gasteiger partial charge on any atom is 0.232 e. The first kappa shape index (κ1) is 18.9. The lowest BCUT2D eigenvalue weighted by Gasteiger charge is -2.23. The Morgan fingerprint density at radius 1 is 1.10 bits per heavy atom. The molecule has 2 aromatic carbocycles. The molecule has 30 heavy (non-hydrogen) atoms. The summed E-state index contributed by atoms with van der Waals surface area (Å²) >= 11 is 0. The van der Waals surface area contributed by atoms with Crippen molar-refractivity contribution in [2.45, 2.75) is 39.2 Å². The van der Waals surface area contributed by atoms with E-state index < -0.39 is 0 Å². The normalized spacial score (nSPS) is 18.6. The molecule has 2 aliphatic rings. The summed E-state index contributed by atoms with van der Waals surface area (Å²) in [5.41, 5.74) is 2.56. The maximum atomic E-state index is 13.1. The molecule has 1 fully saturated rings. The molecule has 154 valence electrons. The van der Waals surface area contributed by atoms with E-state index in [1.54, 1.807) is 19.1 Å². The van der Waals surface area contributed by atoms with Crippen molar-refractivity contribution in [1.82, 2.24) is 0 Å². The minimum absolute atomic E-state index is 0.0409. The second-order valence-corrected chi connectivity index (χ2v) is 8.34. The van der Waals surface area contributed by atoms with Crippen LogP contribution >= 0.6 is 0 Å². The molecular formula is C25H25NO4. The number of likely N-dealkylation sites (tertiary alicyclic amines) is 1. The quantitative estimate of drug-likeness (QED) is 0.681. The van der Waals surface area contributed by atoms with Crippen molar-refractivity contribution >= 4 is 22.8 Å². The summed E-state index contributed by atoms with van der Waals surface area (Å²) in [5.74, 6) is 0.997. The molecule has 0 spiro atoms. The van der Waals surface area contributed by atoms with Crippen LogP contribution in [0.5, 0.6) is 11.5 Å². The molecule has 0 aliphatic carbocycles. The largest absolute Gasteiger partial charge is 0.872 e. The number of nitrogens with one attached hydrogen (secondary N) is 1. The predicted molar refractivity (Wildman–Crippen MR) is 113 cm³/mol. The molecule has 0 bridgehead atoms. The number of rotatable bonds is 3. The number of furan rings is 1. The highest BCUT2D eigenvalue weighted by atomic mass is 16.5. The molecule has 0 amide bonds. The number of aryl methyl sites for hydroxylation is 1. The average molecular weight is 403 g/mol. The molecule has 0 atom stereocenters. The number of carbonyl (C=O) groups excluding carboxylic acids is 1. The molecule has 5 rings (SSSR count). The fourth-order valence-corrected chi connectivity index (χ4v) is 4.59. The van der Waals surface area contributed by atoms with Crippen LogP contribution in [0.3, 0.4) is 0 Å². The third kappa shape index (κ3) is 3.39. The van der Waals surface area contributed by atoms with Gasteiger partial charge in [0.15, 0.2) is 5.76 Å². The third-order valence-electron chi connectivity index (χ3n) is 6.16. The van der Waals surface area contributed by atoms with Crippen LogP contribution in [0, 0.1) is 6.92 Å². The van der Waals surface area contributed by atoms with Crippen LogP contribution in [0.1, 0.15) is 52.9 Å². The van der Waals surface area contributed by atoms with Gasteiger partial charge in [0.05, 0.1) is 18.7 Å². The Bertz CT molecular complexity index is 1120. The van der Waals surface area contributed by atoms with Crippen LogP contribution in [0.25, 0.3) is 17.0 Å². The van der Waals surface area contributed by atoms with Gasteiger partial charge in [-0.2, -0.15) is 0 Å². The molecule has 1 saturated heterocycles. The van der Waals surface area contributed by atoms with Crippen LogP contribution in [0.2, 0.25) is 0 Å². The van der Waals surface area contributed by atoms with E-state index in [0.717, 1.165) is 24.1 Å². The van der Waals surface area contributed by atoms with Crippen LogP contribution in [-0.2, 0) is 6.54 Å². The first-order valence-electron chi connectivity index (χ1n) is 10.7. The topological polar surface area (TPSA) is 66.9 Å². The summed E-state index contributed by atoms with van der Waals surface area (Å²) in [6.45, 7) is 4.51. The number of hydrogen-bond acceptors (Lipinski definition) is 4. The summed E-state index contributed by atoms with van der Waals surface area (Å²) in [6.07, 6.45) is 6.48. The summed E-state index contributed by atoms with van der Waals surface area (Å²) in [4.78, 5) is 14.5. The lowest BCUT2D eigenvalue weighted by molar-refractivity contribution is -0.913. The Labute approximate surface area is 175 Å². The van der Waals surface area contributed by atoms with Gasteiger partial charge in [-0.3, -0.25) is 4.79 Å². The molecular weight excluding hydrogens is 378 g/mol. The van der Waals surface area contributed by atoms with E-state index in [-0.39, 0.29) is 17.3 Å². The van der Waals surface area contributed by atoms with Gasteiger partial charge in [0.25, 0.3) is 0 Å². The molecule has 2 aliphatic heterocycles. The maximum absolute atomic E-state index is 13.1. The number of para-hydroxylation sites is 1. The zero-order chi connectivity index (χ0) is 20.7. The highest BCUT2D eigenvalue weighted by molar-refractivity contribution is 6.15. The summed E-state index contributed by atoms with van der Waals surface area (Å²) in [7, 11) is 0. The number of ketones is 1. The minimum Gasteiger partial charge on any atom is -0.872 e. The molecule has 0 unspecified atom stereocenters. The van der Waals surface area contributed by atoms with Crippen molar-refractivity contribution in [2.24, 2.45) is 0 Å². The molecule has 0 radical (unpaired) electrons. The molecule has 1 aromatic heterocycles. The third-order valence-corrected chi connectivity index (χ3v) is 6.16. The van der Waals surface area contributed by atoms with E-state index in [4.69, 9.17) is 9.15 Å². The van der Waals surface area contributed by atoms with Gasteiger partial charge < -0.3 is 19.2 Å². The zero-order valence-corrected chi connectivity index (χ0v) is 17.1. The SMILES string of the molecule is Cc1cc([O-])c(C[NH+]2CCCCCC2)c2c1C(=O)C(=Cc1cc3ccccc3o1)O2. The van der Waals surface area contributed by atoms with E-state index in [1.165, 1.54) is 30.6 Å². The van der Waals surface area contributed by atoms with E-state index in [9.17, 15) is 9.90 Å². The van der Waals surface area contributed by atoms with Gasteiger partial charge in [0.2, 0.25) is 5.78 Å². The fourth-order valence-electron chi connectivity index (χ4n) is 4.59. The number of benzene rings is 2. The number of carbonyl (C=O) groups is 1. The Hall–Kier alpha value is -3.05. The summed E-state index contributed by atoms with van der Waals surface area (Å²) < 4.78 is 11.8. The average Bonchev–Trinajstić information content (AvgIpc) is 3.16. The highest BCUT2D eigenvalue weighted by Gasteiger charge is 2.33. The Balaban J connectivity index is 1.50. The molecule has 5 nitrogen and oxygen atoms in total. The standard InChI is InChI=1S/C25H25NO4/c1-16-12-20(27)19(15-26-10-6-2-3-7-11-26)25-23(16)24(28)22(30-25)14-18-13-17-8-4-5-9-21(17)29-18/h4-5,8-9,12-14,27H,2-3,6-7,10-11,15H2,1H3. The number of ether oxygens (including phenoxy) is 1. The van der Waals surface area contributed by atoms with Crippen molar-refractivity contribution in [3.8, 4) is 11.5 Å². The lowest BCUT2D eigenvalue weighted by atomic mass is 9.99. The van der Waals surface area contributed by atoms with Gasteiger partial charge in [0, 0.05) is 17.0 Å². The number of allylic oxidation sites excluding steroid dienone is 1. The van der Waals surface area contributed by atoms with E-state index in [1.807, 2.05) is 30.3 Å². The van der Waals surface area contributed by atoms with E-state index >= 15 is 0 Å². The van der Waals surface area contributed by atoms with Crippen molar-refractivity contribution in [3.63, 3.8) is 0 Å². The molecule has 0 saturated carbocycles. The molecule has 1 N–H and O–H groups in total. The number of hydrogen-bond donors (Lipinski definition) is 1. The molecule has 5 heteroatoms. The van der Waals surface area contributed by atoms with Crippen molar-refractivity contribution in [1.29, 1.82) is 0 Å². The van der Waals surface area contributed by atoms with Crippen LogP contribution in [0.15, 0.2) is 46.6 Å². The Morgan fingerprint density at radius 2 is 1.87 bits per heavy atom. The number of fused-ring (bicyclic) bond motifs is 2. The number of Topliss-reactive ketones (excluding diaryl/α,β-unsaturated/α-hetero) is 1. The smallest absolute Gasteiger partial charge is 0.232 e. The van der Waals surface area contributed by atoms with Gasteiger partial charge in [-0.25, -0.2) is 0 Å². The van der Waals surface area contributed by atoms with Crippen molar-refractivity contribution < 1.29 is 24.0 Å². The number of quaternary nitrogens is 1. The Kier molecular flexibility index (Phi) is 4.83. The molecule has 3 aromatic rings.